The molecular weight excluding hydrogens is 376 g/mol. The minimum atomic E-state index is -1.21. The SMILES string of the molecule is CC(C)=CC[C@@H](OC(=O)C(=O)C=C(C)C)C1=CC(=O)c2c(O)ccc(O)c2C1=O. The number of allylic oxidation sites excluding steroid dienone is 3. The molecule has 1 atom stereocenters. The number of Topliss-reactive ketones (excluding diaryl/α,β-unsaturated/α-hetero) is 1. The van der Waals surface area contributed by atoms with Gasteiger partial charge in [0.2, 0.25) is 0 Å². The van der Waals surface area contributed by atoms with Gasteiger partial charge < -0.3 is 14.9 Å². The van der Waals surface area contributed by atoms with Gasteiger partial charge in [-0.25, -0.2) is 4.79 Å². The number of esters is 1. The Balaban J connectivity index is 2.47. The van der Waals surface area contributed by atoms with Crippen LogP contribution >= 0.6 is 0 Å². The summed E-state index contributed by atoms with van der Waals surface area (Å²) in [5.41, 5.74) is 0.621. The fraction of sp³-hybridized carbons (Fsp3) is 0.273. The third kappa shape index (κ3) is 4.87. The van der Waals surface area contributed by atoms with Crippen LogP contribution in [0.3, 0.4) is 0 Å². The van der Waals surface area contributed by atoms with Gasteiger partial charge in [0, 0.05) is 12.0 Å². The van der Waals surface area contributed by atoms with Crippen LogP contribution in [0.1, 0.15) is 54.8 Å². The largest absolute Gasteiger partial charge is 0.507 e. The van der Waals surface area contributed by atoms with Gasteiger partial charge in [0.15, 0.2) is 11.6 Å². The van der Waals surface area contributed by atoms with E-state index in [1.807, 2.05) is 0 Å². The second-order valence-corrected chi connectivity index (χ2v) is 7.14. The Morgan fingerprint density at radius 3 is 2.14 bits per heavy atom. The smallest absolute Gasteiger partial charge is 0.379 e. The van der Waals surface area contributed by atoms with Crippen molar-refractivity contribution in [1.82, 2.24) is 0 Å². The van der Waals surface area contributed by atoms with Gasteiger partial charge in [-0.2, -0.15) is 0 Å². The van der Waals surface area contributed by atoms with Crippen LogP contribution in [0, 0.1) is 0 Å². The highest BCUT2D eigenvalue weighted by atomic mass is 16.5. The maximum atomic E-state index is 13.0. The third-order valence-electron chi connectivity index (χ3n) is 4.14. The molecule has 2 N–H and O–H groups in total. The molecule has 7 nitrogen and oxygen atoms in total. The van der Waals surface area contributed by atoms with E-state index in [1.54, 1.807) is 33.8 Å². The molecule has 0 aliphatic heterocycles. The van der Waals surface area contributed by atoms with E-state index in [4.69, 9.17) is 4.74 Å². The van der Waals surface area contributed by atoms with Gasteiger partial charge >= 0.3 is 5.97 Å². The molecule has 7 heteroatoms. The van der Waals surface area contributed by atoms with E-state index in [-0.39, 0.29) is 23.1 Å². The van der Waals surface area contributed by atoms with Crippen molar-refractivity contribution in [2.24, 2.45) is 0 Å². The maximum absolute atomic E-state index is 13.0. The number of rotatable bonds is 6. The quantitative estimate of drug-likeness (QED) is 0.248. The highest BCUT2D eigenvalue weighted by molar-refractivity contribution is 6.38. The van der Waals surface area contributed by atoms with E-state index in [0.29, 0.717) is 5.57 Å². The van der Waals surface area contributed by atoms with Gasteiger partial charge in [0.25, 0.3) is 5.78 Å². The predicted molar refractivity (Wildman–Crippen MR) is 105 cm³/mol. The summed E-state index contributed by atoms with van der Waals surface area (Å²) in [6, 6.07) is 2.20. The van der Waals surface area contributed by atoms with Crippen molar-refractivity contribution < 1.29 is 34.1 Å². The van der Waals surface area contributed by atoms with Crippen LogP contribution in [-0.4, -0.2) is 39.6 Å². The number of phenols is 2. The fourth-order valence-corrected chi connectivity index (χ4v) is 2.81. The molecule has 1 aromatic rings. The summed E-state index contributed by atoms with van der Waals surface area (Å²) in [7, 11) is 0. The fourth-order valence-electron chi connectivity index (χ4n) is 2.81. The minimum Gasteiger partial charge on any atom is -0.507 e. The first-order valence-electron chi connectivity index (χ1n) is 8.91. The van der Waals surface area contributed by atoms with Crippen molar-refractivity contribution in [1.29, 1.82) is 0 Å². The summed E-state index contributed by atoms with van der Waals surface area (Å²) in [5.74, 6) is -4.44. The van der Waals surface area contributed by atoms with Crippen LogP contribution in [0.2, 0.25) is 0 Å². The summed E-state index contributed by atoms with van der Waals surface area (Å²) in [4.78, 5) is 49.6. The molecule has 1 aromatic carbocycles. The van der Waals surface area contributed by atoms with Gasteiger partial charge in [-0.1, -0.05) is 17.2 Å². The molecule has 0 fully saturated rings. The number of carbonyl (C=O) groups excluding carboxylic acids is 4. The first-order valence-corrected chi connectivity index (χ1v) is 8.91. The van der Waals surface area contributed by atoms with Crippen molar-refractivity contribution in [3.63, 3.8) is 0 Å². The molecule has 0 saturated carbocycles. The Labute approximate surface area is 168 Å². The molecule has 0 aromatic heterocycles. The van der Waals surface area contributed by atoms with Crippen LogP contribution in [-0.2, 0) is 14.3 Å². The Morgan fingerprint density at radius 1 is 1.00 bits per heavy atom. The molecule has 1 aliphatic rings. The first-order chi connectivity index (χ1) is 13.5. The van der Waals surface area contributed by atoms with E-state index in [2.05, 4.69) is 0 Å². The molecule has 1 aliphatic carbocycles. The van der Waals surface area contributed by atoms with E-state index in [1.165, 1.54) is 0 Å². The van der Waals surface area contributed by atoms with Crippen LogP contribution in [0.4, 0.5) is 0 Å². The number of hydrogen-bond donors (Lipinski definition) is 2. The van der Waals surface area contributed by atoms with Gasteiger partial charge in [-0.3, -0.25) is 14.4 Å². The van der Waals surface area contributed by atoms with Crippen molar-refractivity contribution in [2.75, 3.05) is 0 Å². The molecule has 0 saturated heterocycles. The summed E-state index contributed by atoms with van der Waals surface area (Å²) in [6.45, 7) is 6.89. The van der Waals surface area contributed by atoms with E-state index < -0.39 is 40.9 Å². The van der Waals surface area contributed by atoms with E-state index in [0.717, 1.165) is 29.9 Å². The lowest BCUT2D eigenvalue weighted by Gasteiger charge is -2.23. The number of fused-ring (bicyclic) bond motifs is 1. The minimum absolute atomic E-state index is 0.0515. The van der Waals surface area contributed by atoms with Gasteiger partial charge in [-0.05, 0) is 52.0 Å². The third-order valence-corrected chi connectivity index (χ3v) is 4.14. The second kappa shape index (κ2) is 8.68. The number of carbonyl (C=O) groups is 4. The van der Waals surface area contributed by atoms with Crippen molar-refractivity contribution in [2.45, 2.75) is 40.2 Å². The molecule has 0 spiro atoms. The Morgan fingerprint density at radius 2 is 1.59 bits per heavy atom. The van der Waals surface area contributed by atoms with Crippen LogP contribution in [0.15, 0.2) is 47.1 Å². The van der Waals surface area contributed by atoms with E-state index in [9.17, 15) is 29.4 Å². The Bertz CT molecular complexity index is 985. The molecule has 0 amide bonds. The zero-order valence-corrected chi connectivity index (χ0v) is 16.6. The summed E-state index contributed by atoms with van der Waals surface area (Å²) in [5, 5.41) is 20.0. The molecule has 2 rings (SSSR count). The zero-order valence-electron chi connectivity index (χ0n) is 16.6. The molecule has 0 heterocycles. The highest BCUT2D eigenvalue weighted by Gasteiger charge is 2.36. The molecule has 0 radical (unpaired) electrons. The lowest BCUT2D eigenvalue weighted by molar-refractivity contribution is -0.154. The number of ketones is 3. The Kier molecular flexibility index (Phi) is 6.53. The summed E-state index contributed by atoms with van der Waals surface area (Å²) in [6.07, 6.45) is 2.61. The van der Waals surface area contributed by atoms with Gasteiger partial charge in [0.05, 0.1) is 11.1 Å². The molecular formula is C22H22O7. The number of hydrogen-bond acceptors (Lipinski definition) is 7. The number of benzene rings is 1. The Hall–Kier alpha value is -3.48. The van der Waals surface area contributed by atoms with Crippen molar-refractivity contribution in [3.8, 4) is 11.5 Å². The molecule has 29 heavy (non-hydrogen) atoms. The zero-order chi connectivity index (χ0) is 21.9. The molecule has 152 valence electrons. The van der Waals surface area contributed by atoms with Crippen LogP contribution < -0.4 is 0 Å². The van der Waals surface area contributed by atoms with E-state index >= 15 is 0 Å². The van der Waals surface area contributed by atoms with Crippen LogP contribution in [0.5, 0.6) is 11.5 Å². The topological polar surface area (TPSA) is 118 Å². The first kappa shape index (κ1) is 21.8. The number of ether oxygens (including phenoxy) is 1. The van der Waals surface area contributed by atoms with Crippen molar-refractivity contribution in [3.05, 3.63) is 58.2 Å². The van der Waals surface area contributed by atoms with Gasteiger partial charge in [0.1, 0.15) is 17.6 Å². The lowest BCUT2D eigenvalue weighted by atomic mass is 9.85. The summed E-state index contributed by atoms with van der Waals surface area (Å²) >= 11 is 0. The summed E-state index contributed by atoms with van der Waals surface area (Å²) < 4.78 is 5.24. The standard InChI is InChI=1S/C22H22O7/c1-11(2)5-8-18(29-22(28)17(26)9-12(3)4)13-10-16(25)19-14(23)6-7-15(24)20(19)21(13)27/h5-7,9-10,18,23-24H,8H2,1-4H3/t18-/m1/s1. The van der Waals surface area contributed by atoms with Gasteiger partial charge in [-0.15, -0.1) is 0 Å². The second-order valence-electron chi connectivity index (χ2n) is 7.14. The highest BCUT2D eigenvalue weighted by Crippen LogP contribution is 2.36. The van der Waals surface area contributed by atoms with Crippen LogP contribution in [0.25, 0.3) is 0 Å². The molecule has 0 unspecified atom stereocenters. The average molecular weight is 398 g/mol. The normalized spacial score (nSPS) is 13.7. The van der Waals surface area contributed by atoms with Crippen molar-refractivity contribution >= 4 is 23.3 Å². The lowest BCUT2D eigenvalue weighted by Crippen LogP contribution is -2.31. The monoisotopic (exact) mass is 398 g/mol. The predicted octanol–water partition coefficient (Wildman–Crippen LogP) is 3.21. The number of phenolic OH excluding ortho intramolecular Hbond substituents is 2. The average Bonchev–Trinajstić information content (AvgIpc) is 2.62. The molecule has 0 bridgehead atoms. The maximum Gasteiger partial charge on any atom is 0.379 e. The number of aromatic hydroxyl groups is 2.